The van der Waals surface area contributed by atoms with Crippen molar-refractivity contribution in [3.05, 3.63) is 87.8 Å². The molecule has 1 aliphatic heterocycles. The maximum Gasteiger partial charge on any atom is 0.335 e. The Morgan fingerprint density at radius 1 is 1.07 bits per heavy atom. The summed E-state index contributed by atoms with van der Waals surface area (Å²) in [6, 6.07) is 17.7. The number of carboxylic acid groups (broad SMARTS) is 1. The van der Waals surface area contributed by atoms with Crippen LogP contribution in [0.4, 0.5) is 5.69 Å². The van der Waals surface area contributed by atoms with Crippen molar-refractivity contribution in [2.24, 2.45) is 0 Å². The molecule has 134 valence electrons. The average molecular weight is 377 g/mol. The number of hydrogen-bond donors (Lipinski definition) is 1. The van der Waals surface area contributed by atoms with E-state index in [1.807, 2.05) is 41.8 Å². The summed E-state index contributed by atoms with van der Waals surface area (Å²) >= 11 is 1.53. The van der Waals surface area contributed by atoms with Crippen LogP contribution in [0.25, 0.3) is 6.08 Å². The van der Waals surface area contributed by atoms with E-state index in [4.69, 9.17) is 9.84 Å². The van der Waals surface area contributed by atoms with Crippen LogP contribution >= 0.6 is 11.3 Å². The van der Waals surface area contributed by atoms with Gasteiger partial charge in [0.25, 0.3) is 5.91 Å². The third kappa shape index (κ3) is 3.47. The fourth-order valence-electron chi connectivity index (χ4n) is 2.86. The number of aromatic carboxylic acids is 1. The Labute approximate surface area is 159 Å². The molecule has 6 heteroatoms. The van der Waals surface area contributed by atoms with Crippen molar-refractivity contribution >= 4 is 35.0 Å². The number of nitrogens with zero attached hydrogens (tertiary/aromatic N) is 1. The Kier molecular flexibility index (Phi) is 4.48. The van der Waals surface area contributed by atoms with Crippen LogP contribution in [0, 0.1) is 0 Å². The Balaban J connectivity index is 1.69. The van der Waals surface area contributed by atoms with E-state index >= 15 is 0 Å². The van der Waals surface area contributed by atoms with Crippen molar-refractivity contribution in [1.82, 2.24) is 0 Å². The van der Waals surface area contributed by atoms with Gasteiger partial charge in [-0.25, -0.2) is 4.79 Å². The number of fused-ring (bicyclic) bond motifs is 1. The molecule has 2 heterocycles. The summed E-state index contributed by atoms with van der Waals surface area (Å²) in [5.41, 5.74) is 1.74. The van der Waals surface area contributed by atoms with E-state index in [2.05, 4.69) is 0 Å². The van der Waals surface area contributed by atoms with Crippen molar-refractivity contribution in [2.45, 2.75) is 6.54 Å². The number of amides is 1. The molecule has 1 aliphatic rings. The molecular formula is C21H15NO4S. The standard InChI is InChI=1S/C21H15NO4S/c23-20-19(12-16-4-3-11-27-16)26-18-6-2-1-5-17(18)22(20)13-14-7-9-15(10-8-14)21(24)25/h1-12H,13H2,(H,24,25)/b19-12+. The lowest BCUT2D eigenvalue weighted by molar-refractivity contribution is -0.117. The summed E-state index contributed by atoms with van der Waals surface area (Å²) in [6.07, 6.45) is 1.74. The zero-order chi connectivity index (χ0) is 18.8. The summed E-state index contributed by atoms with van der Waals surface area (Å²) in [6.45, 7) is 0.320. The number of carboxylic acids is 1. The van der Waals surface area contributed by atoms with Gasteiger partial charge in [0.05, 0.1) is 17.8 Å². The van der Waals surface area contributed by atoms with Gasteiger partial charge in [-0.05, 0) is 41.3 Å². The largest absolute Gasteiger partial charge is 0.478 e. The molecule has 1 aromatic heterocycles. The second-order valence-corrected chi connectivity index (χ2v) is 6.97. The third-order valence-corrected chi connectivity index (χ3v) is 5.01. The summed E-state index contributed by atoms with van der Waals surface area (Å²) in [7, 11) is 0. The van der Waals surface area contributed by atoms with Gasteiger partial charge in [0.2, 0.25) is 0 Å². The first-order chi connectivity index (χ1) is 13.1. The van der Waals surface area contributed by atoms with Gasteiger partial charge in [0.1, 0.15) is 0 Å². The quantitative estimate of drug-likeness (QED) is 0.684. The van der Waals surface area contributed by atoms with Crippen LogP contribution in [0.3, 0.4) is 0 Å². The van der Waals surface area contributed by atoms with Crippen LogP contribution in [-0.4, -0.2) is 17.0 Å². The van der Waals surface area contributed by atoms with Crippen molar-refractivity contribution in [3.63, 3.8) is 0 Å². The fourth-order valence-corrected chi connectivity index (χ4v) is 3.50. The molecule has 2 aromatic carbocycles. The maximum atomic E-state index is 13.0. The van der Waals surface area contributed by atoms with Crippen molar-refractivity contribution in [2.75, 3.05) is 4.90 Å². The van der Waals surface area contributed by atoms with Gasteiger partial charge in [-0.15, -0.1) is 11.3 Å². The minimum absolute atomic E-state index is 0.214. The Bertz CT molecular complexity index is 1020. The summed E-state index contributed by atoms with van der Waals surface area (Å²) in [4.78, 5) is 26.6. The molecular weight excluding hydrogens is 362 g/mol. The lowest BCUT2D eigenvalue weighted by atomic mass is 10.1. The number of para-hydroxylation sites is 2. The van der Waals surface area contributed by atoms with Crippen molar-refractivity contribution in [1.29, 1.82) is 0 Å². The zero-order valence-electron chi connectivity index (χ0n) is 14.2. The van der Waals surface area contributed by atoms with Gasteiger partial charge >= 0.3 is 5.97 Å². The van der Waals surface area contributed by atoms with Gasteiger partial charge in [-0.3, -0.25) is 9.69 Å². The number of ether oxygens (including phenoxy) is 1. The van der Waals surface area contributed by atoms with E-state index in [0.717, 1.165) is 10.4 Å². The normalized spacial score (nSPS) is 14.7. The molecule has 3 aromatic rings. The first kappa shape index (κ1) is 17.1. The third-order valence-electron chi connectivity index (χ3n) is 4.19. The van der Waals surface area contributed by atoms with Gasteiger partial charge in [0.15, 0.2) is 11.5 Å². The Morgan fingerprint density at radius 2 is 1.85 bits per heavy atom. The highest BCUT2D eigenvalue weighted by Crippen LogP contribution is 2.36. The minimum Gasteiger partial charge on any atom is -0.478 e. The van der Waals surface area contributed by atoms with Gasteiger partial charge in [-0.1, -0.05) is 30.3 Å². The van der Waals surface area contributed by atoms with E-state index in [0.29, 0.717) is 18.0 Å². The number of carbonyl (C=O) groups is 2. The first-order valence-electron chi connectivity index (χ1n) is 8.28. The summed E-state index contributed by atoms with van der Waals surface area (Å²) in [5.74, 6) is -0.333. The Hall–Kier alpha value is -3.38. The smallest absolute Gasteiger partial charge is 0.335 e. The molecule has 0 spiro atoms. The van der Waals surface area contributed by atoms with Gasteiger partial charge in [0, 0.05) is 11.0 Å². The van der Waals surface area contributed by atoms with E-state index in [1.54, 1.807) is 23.1 Å². The summed E-state index contributed by atoms with van der Waals surface area (Å²) in [5, 5.41) is 11.0. The zero-order valence-corrected chi connectivity index (χ0v) is 15.0. The predicted molar refractivity (Wildman–Crippen MR) is 104 cm³/mol. The number of anilines is 1. The molecule has 1 N–H and O–H groups in total. The highest BCUT2D eigenvalue weighted by molar-refractivity contribution is 7.10. The second kappa shape index (κ2) is 7.09. The van der Waals surface area contributed by atoms with Crippen LogP contribution < -0.4 is 9.64 Å². The van der Waals surface area contributed by atoms with E-state index < -0.39 is 5.97 Å². The SMILES string of the molecule is O=C(O)c1ccc(CN2C(=O)/C(=C\c3cccs3)Oc3ccccc32)cc1. The van der Waals surface area contributed by atoms with Crippen LogP contribution in [0.15, 0.2) is 71.8 Å². The molecule has 0 atom stereocenters. The number of carbonyl (C=O) groups excluding carboxylic acids is 1. The molecule has 0 aliphatic carbocycles. The highest BCUT2D eigenvalue weighted by atomic mass is 32.1. The number of rotatable bonds is 4. The van der Waals surface area contributed by atoms with Crippen LogP contribution in [0.2, 0.25) is 0 Å². The second-order valence-electron chi connectivity index (χ2n) is 5.99. The maximum absolute atomic E-state index is 13.0. The van der Waals surface area contributed by atoms with Crippen LogP contribution in [0.1, 0.15) is 20.8 Å². The number of thiophene rings is 1. The molecule has 0 fully saturated rings. The van der Waals surface area contributed by atoms with Crippen LogP contribution in [0.5, 0.6) is 5.75 Å². The van der Waals surface area contributed by atoms with E-state index in [1.165, 1.54) is 23.5 Å². The van der Waals surface area contributed by atoms with Gasteiger partial charge < -0.3 is 9.84 Å². The predicted octanol–water partition coefficient (Wildman–Crippen LogP) is 4.41. The molecule has 5 nitrogen and oxygen atoms in total. The number of hydrogen-bond acceptors (Lipinski definition) is 4. The number of benzene rings is 2. The molecule has 0 radical (unpaired) electrons. The van der Waals surface area contributed by atoms with Crippen molar-refractivity contribution in [3.8, 4) is 5.75 Å². The molecule has 4 rings (SSSR count). The lowest BCUT2D eigenvalue weighted by Crippen LogP contribution is -2.36. The van der Waals surface area contributed by atoms with E-state index in [-0.39, 0.29) is 17.2 Å². The molecule has 0 saturated heterocycles. The molecule has 0 saturated carbocycles. The first-order valence-corrected chi connectivity index (χ1v) is 9.16. The lowest BCUT2D eigenvalue weighted by Gasteiger charge is -2.30. The molecule has 1 amide bonds. The van der Waals surface area contributed by atoms with Crippen molar-refractivity contribution < 1.29 is 19.4 Å². The fraction of sp³-hybridized carbons (Fsp3) is 0.0476. The van der Waals surface area contributed by atoms with E-state index in [9.17, 15) is 9.59 Å². The average Bonchev–Trinajstić information content (AvgIpc) is 3.18. The Morgan fingerprint density at radius 3 is 2.56 bits per heavy atom. The minimum atomic E-state index is -0.976. The molecule has 27 heavy (non-hydrogen) atoms. The monoisotopic (exact) mass is 377 g/mol. The topological polar surface area (TPSA) is 66.8 Å². The van der Waals surface area contributed by atoms with Crippen LogP contribution in [-0.2, 0) is 11.3 Å². The molecule has 0 bridgehead atoms. The summed E-state index contributed by atoms with van der Waals surface area (Å²) < 4.78 is 5.83. The molecule has 0 unspecified atom stereocenters. The van der Waals surface area contributed by atoms with Gasteiger partial charge in [-0.2, -0.15) is 0 Å². The highest BCUT2D eigenvalue weighted by Gasteiger charge is 2.30.